The molecule has 0 fully saturated rings. The molecular weight excluding hydrogens is 320 g/mol. The molecule has 22 heavy (non-hydrogen) atoms. The Labute approximate surface area is 135 Å². The molecule has 0 saturated carbocycles. The van der Waals surface area contributed by atoms with Crippen LogP contribution in [-0.2, 0) is 17.1 Å². The van der Waals surface area contributed by atoms with Crippen LogP contribution in [0.3, 0.4) is 0 Å². The molecule has 0 atom stereocenters. The lowest BCUT2D eigenvalue weighted by atomic mass is 10.3. The highest BCUT2D eigenvalue weighted by Gasteiger charge is 2.23. The Morgan fingerprint density at radius 1 is 1.36 bits per heavy atom. The fourth-order valence-corrected chi connectivity index (χ4v) is 4.20. The largest absolute Gasteiger partial charge is 0.303 e. The lowest BCUT2D eigenvalue weighted by Gasteiger charge is -2.17. The SMILES string of the molecule is CCN(CC)CCNS(=O)(=O)c1cn(C)nc1-c1cccs1. The minimum atomic E-state index is -3.56. The number of hydrogen-bond donors (Lipinski definition) is 1. The van der Waals surface area contributed by atoms with Crippen molar-refractivity contribution in [2.24, 2.45) is 7.05 Å². The molecule has 8 heteroatoms. The van der Waals surface area contributed by atoms with E-state index in [0.717, 1.165) is 18.0 Å². The summed E-state index contributed by atoms with van der Waals surface area (Å²) in [6.07, 6.45) is 1.55. The van der Waals surface area contributed by atoms with Crippen molar-refractivity contribution < 1.29 is 8.42 Å². The first-order valence-electron chi connectivity index (χ1n) is 7.27. The van der Waals surface area contributed by atoms with Gasteiger partial charge in [-0.05, 0) is 24.5 Å². The van der Waals surface area contributed by atoms with Crippen molar-refractivity contribution >= 4 is 21.4 Å². The van der Waals surface area contributed by atoms with Gasteiger partial charge in [0.15, 0.2) is 0 Å². The van der Waals surface area contributed by atoms with Crippen molar-refractivity contribution in [3.05, 3.63) is 23.7 Å². The zero-order valence-electron chi connectivity index (χ0n) is 13.1. The van der Waals surface area contributed by atoms with Gasteiger partial charge < -0.3 is 4.90 Å². The Bertz CT molecular complexity index is 689. The Hall–Kier alpha value is -1.22. The standard InChI is InChI=1S/C14H22N4O2S2/c1-4-18(5-2)9-8-15-22(19,20)13-11-17(3)16-14(13)12-7-6-10-21-12/h6-7,10-11,15H,4-5,8-9H2,1-3H3. The number of likely N-dealkylation sites (N-methyl/N-ethyl adjacent to an activating group) is 1. The van der Waals surface area contributed by atoms with E-state index < -0.39 is 10.0 Å². The van der Waals surface area contributed by atoms with E-state index in [1.807, 2.05) is 17.5 Å². The van der Waals surface area contributed by atoms with E-state index in [4.69, 9.17) is 0 Å². The number of nitrogens with one attached hydrogen (secondary N) is 1. The molecule has 0 unspecified atom stereocenters. The maximum Gasteiger partial charge on any atom is 0.244 e. The van der Waals surface area contributed by atoms with Crippen LogP contribution >= 0.6 is 11.3 Å². The minimum Gasteiger partial charge on any atom is -0.303 e. The number of nitrogens with zero attached hydrogens (tertiary/aromatic N) is 3. The summed E-state index contributed by atoms with van der Waals surface area (Å²) >= 11 is 1.48. The van der Waals surface area contributed by atoms with Crippen molar-refractivity contribution in [1.29, 1.82) is 0 Å². The molecule has 0 radical (unpaired) electrons. The van der Waals surface area contributed by atoms with Crippen LogP contribution in [0.15, 0.2) is 28.6 Å². The van der Waals surface area contributed by atoms with E-state index in [0.29, 0.717) is 18.8 Å². The zero-order valence-corrected chi connectivity index (χ0v) is 14.7. The molecule has 0 amide bonds. The average Bonchev–Trinajstić information content (AvgIpc) is 3.12. The second-order valence-electron chi connectivity index (χ2n) is 4.92. The van der Waals surface area contributed by atoms with Crippen LogP contribution in [0.25, 0.3) is 10.6 Å². The van der Waals surface area contributed by atoms with Crippen molar-refractivity contribution in [3.63, 3.8) is 0 Å². The van der Waals surface area contributed by atoms with E-state index in [1.54, 1.807) is 13.2 Å². The zero-order chi connectivity index (χ0) is 16.2. The van der Waals surface area contributed by atoms with E-state index in [1.165, 1.54) is 16.0 Å². The number of aromatic nitrogens is 2. The number of aryl methyl sites for hydroxylation is 1. The molecule has 2 rings (SSSR count). The third-order valence-electron chi connectivity index (χ3n) is 3.45. The summed E-state index contributed by atoms with van der Waals surface area (Å²) in [6.45, 7) is 7.03. The number of rotatable bonds is 8. The maximum atomic E-state index is 12.5. The van der Waals surface area contributed by atoms with E-state index >= 15 is 0 Å². The first kappa shape index (κ1) is 17.1. The molecule has 2 aromatic rings. The predicted octanol–water partition coefficient (Wildman–Crippen LogP) is 1.77. The normalized spacial score (nSPS) is 12.2. The van der Waals surface area contributed by atoms with Gasteiger partial charge in [0, 0.05) is 26.3 Å². The molecule has 0 spiro atoms. The molecule has 6 nitrogen and oxygen atoms in total. The average molecular weight is 342 g/mol. The molecule has 2 aromatic heterocycles. The molecule has 0 aliphatic heterocycles. The third-order valence-corrected chi connectivity index (χ3v) is 5.79. The molecular formula is C14H22N4O2S2. The smallest absolute Gasteiger partial charge is 0.244 e. The van der Waals surface area contributed by atoms with Crippen LogP contribution in [0.5, 0.6) is 0 Å². The van der Waals surface area contributed by atoms with Crippen LogP contribution in [0.2, 0.25) is 0 Å². The molecule has 0 aliphatic rings. The number of sulfonamides is 1. The highest BCUT2D eigenvalue weighted by Crippen LogP contribution is 2.29. The summed E-state index contributed by atoms with van der Waals surface area (Å²) in [5.41, 5.74) is 0.507. The Kier molecular flexibility index (Phi) is 5.74. The van der Waals surface area contributed by atoms with E-state index in [-0.39, 0.29) is 4.90 Å². The second-order valence-corrected chi connectivity index (χ2v) is 7.60. The lowest BCUT2D eigenvalue weighted by Crippen LogP contribution is -2.34. The Balaban J connectivity index is 2.16. The van der Waals surface area contributed by atoms with Crippen molar-refractivity contribution in [2.75, 3.05) is 26.2 Å². The van der Waals surface area contributed by atoms with Crippen molar-refractivity contribution in [3.8, 4) is 10.6 Å². The Morgan fingerprint density at radius 3 is 2.68 bits per heavy atom. The highest BCUT2D eigenvalue weighted by molar-refractivity contribution is 7.89. The van der Waals surface area contributed by atoms with Gasteiger partial charge in [0.1, 0.15) is 10.6 Å². The van der Waals surface area contributed by atoms with Gasteiger partial charge in [-0.1, -0.05) is 19.9 Å². The van der Waals surface area contributed by atoms with Crippen LogP contribution < -0.4 is 4.72 Å². The van der Waals surface area contributed by atoms with Gasteiger partial charge in [0.2, 0.25) is 10.0 Å². The predicted molar refractivity (Wildman–Crippen MR) is 89.5 cm³/mol. The summed E-state index contributed by atoms with van der Waals surface area (Å²) in [4.78, 5) is 3.26. The number of hydrogen-bond acceptors (Lipinski definition) is 5. The summed E-state index contributed by atoms with van der Waals surface area (Å²) in [5, 5.41) is 6.20. The molecule has 2 heterocycles. The lowest BCUT2D eigenvalue weighted by molar-refractivity contribution is 0.309. The monoisotopic (exact) mass is 342 g/mol. The second kappa shape index (κ2) is 7.36. The summed E-state index contributed by atoms with van der Waals surface area (Å²) < 4.78 is 29.3. The van der Waals surface area contributed by atoms with Gasteiger partial charge >= 0.3 is 0 Å². The molecule has 0 bridgehead atoms. The van der Waals surface area contributed by atoms with Crippen molar-refractivity contribution in [1.82, 2.24) is 19.4 Å². The molecule has 0 aromatic carbocycles. The van der Waals surface area contributed by atoms with Gasteiger partial charge in [-0.15, -0.1) is 11.3 Å². The van der Waals surface area contributed by atoms with Crippen LogP contribution in [0.1, 0.15) is 13.8 Å². The van der Waals surface area contributed by atoms with E-state index in [9.17, 15) is 8.42 Å². The summed E-state index contributed by atoms with van der Waals surface area (Å²) in [5.74, 6) is 0. The van der Waals surface area contributed by atoms with Gasteiger partial charge in [-0.25, -0.2) is 13.1 Å². The first-order valence-corrected chi connectivity index (χ1v) is 9.63. The van der Waals surface area contributed by atoms with Gasteiger partial charge in [-0.2, -0.15) is 5.10 Å². The topological polar surface area (TPSA) is 67.2 Å². The summed E-state index contributed by atoms with van der Waals surface area (Å²) in [6, 6.07) is 3.76. The van der Waals surface area contributed by atoms with Gasteiger partial charge in [0.05, 0.1) is 4.88 Å². The molecule has 122 valence electrons. The van der Waals surface area contributed by atoms with Gasteiger partial charge in [-0.3, -0.25) is 4.68 Å². The fourth-order valence-electron chi connectivity index (χ4n) is 2.20. The number of thiophene rings is 1. The van der Waals surface area contributed by atoms with E-state index in [2.05, 4.69) is 28.6 Å². The van der Waals surface area contributed by atoms with Crippen LogP contribution in [0.4, 0.5) is 0 Å². The molecule has 0 saturated heterocycles. The van der Waals surface area contributed by atoms with Crippen LogP contribution in [-0.4, -0.2) is 49.3 Å². The minimum absolute atomic E-state index is 0.233. The molecule has 0 aliphatic carbocycles. The summed E-state index contributed by atoms with van der Waals surface area (Å²) in [7, 11) is -1.83. The van der Waals surface area contributed by atoms with Crippen LogP contribution in [0, 0.1) is 0 Å². The Morgan fingerprint density at radius 2 is 2.09 bits per heavy atom. The first-order chi connectivity index (χ1) is 10.5. The quantitative estimate of drug-likeness (QED) is 0.794. The van der Waals surface area contributed by atoms with Crippen molar-refractivity contribution in [2.45, 2.75) is 18.7 Å². The maximum absolute atomic E-state index is 12.5. The highest BCUT2D eigenvalue weighted by atomic mass is 32.2. The molecule has 1 N–H and O–H groups in total. The third kappa shape index (κ3) is 3.95. The fraction of sp³-hybridized carbons (Fsp3) is 0.500. The van der Waals surface area contributed by atoms with Gasteiger partial charge in [0.25, 0.3) is 0 Å².